The van der Waals surface area contributed by atoms with E-state index in [9.17, 15) is 18.3 Å². The minimum absolute atomic E-state index is 0.200. The lowest BCUT2D eigenvalue weighted by molar-refractivity contribution is -0.137. The van der Waals surface area contributed by atoms with Gasteiger partial charge in [-0.2, -0.15) is 18.3 Å². The molecule has 2 N–H and O–H groups in total. The SMILES string of the molecule is Cn1cc(C(O)CNc2ccnc3cc(C(F)(F)F)ccc23)cn1. The fourth-order valence-electron chi connectivity index (χ4n) is 2.42. The molecule has 5 nitrogen and oxygen atoms in total. The highest BCUT2D eigenvalue weighted by atomic mass is 19.4. The van der Waals surface area contributed by atoms with Crippen molar-refractivity contribution in [1.82, 2.24) is 14.8 Å². The normalized spacial score (nSPS) is 13.2. The second-order valence-corrected chi connectivity index (χ2v) is 5.43. The third kappa shape index (κ3) is 3.33. The molecular weight excluding hydrogens is 321 g/mol. The average molecular weight is 336 g/mol. The van der Waals surface area contributed by atoms with E-state index in [1.807, 2.05) is 0 Å². The van der Waals surface area contributed by atoms with Gasteiger partial charge in [0, 0.05) is 42.6 Å². The first-order chi connectivity index (χ1) is 11.3. The van der Waals surface area contributed by atoms with Gasteiger partial charge in [0.05, 0.1) is 23.4 Å². The molecule has 3 rings (SSSR count). The maximum absolute atomic E-state index is 12.8. The van der Waals surface area contributed by atoms with Crippen molar-refractivity contribution in [3.63, 3.8) is 0 Å². The van der Waals surface area contributed by atoms with Gasteiger partial charge in [0.1, 0.15) is 0 Å². The highest BCUT2D eigenvalue weighted by Gasteiger charge is 2.30. The molecule has 0 aliphatic rings. The summed E-state index contributed by atoms with van der Waals surface area (Å²) < 4.78 is 39.9. The van der Waals surface area contributed by atoms with Crippen molar-refractivity contribution in [2.45, 2.75) is 12.3 Å². The number of pyridine rings is 1. The van der Waals surface area contributed by atoms with E-state index >= 15 is 0 Å². The molecule has 0 saturated carbocycles. The number of fused-ring (bicyclic) bond motifs is 1. The second kappa shape index (κ2) is 6.12. The zero-order chi connectivity index (χ0) is 17.3. The molecule has 1 atom stereocenters. The summed E-state index contributed by atoms with van der Waals surface area (Å²) in [4.78, 5) is 3.99. The summed E-state index contributed by atoms with van der Waals surface area (Å²) in [6.45, 7) is 0.200. The van der Waals surface area contributed by atoms with Crippen molar-refractivity contribution in [2.24, 2.45) is 7.05 Å². The van der Waals surface area contributed by atoms with Crippen LogP contribution in [0.1, 0.15) is 17.2 Å². The zero-order valence-corrected chi connectivity index (χ0v) is 12.7. The Balaban J connectivity index is 1.82. The lowest BCUT2D eigenvalue weighted by Crippen LogP contribution is -2.12. The van der Waals surface area contributed by atoms with Crippen LogP contribution >= 0.6 is 0 Å². The molecule has 1 aromatic carbocycles. The minimum atomic E-state index is -4.41. The number of hydrogen-bond donors (Lipinski definition) is 2. The van der Waals surface area contributed by atoms with Crippen molar-refractivity contribution in [1.29, 1.82) is 0 Å². The van der Waals surface area contributed by atoms with E-state index in [0.29, 0.717) is 16.6 Å². The molecule has 0 aliphatic carbocycles. The first-order valence-corrected chi connectivity index (χ1v) is 7.21. The molecule has 0 bridgehead atoms. The van der Waals surface area contributed by atoms with Gasteiger partial charge in [0.25, 0.3) is 0 Å². The Morgan fingerprint density at radius 2 is 2.08 bits per heavy atom. The van der Waals surface area contributed by atoms with Crippen LogP contribution in [0.3, 0.4) is 0 Å². The Labute approximate surface area is 135 Å². The molecule has 2 heterocycles. The van der Waals surface area contributed by atoms with Crippen molar-refractivity contribution in [3.05, 3.63) is 54.0 Å². The van der Waals surface area contributed by atoms with Gasteiger partial charge in [-0.05, 0) is 18.2 Å². The fraction of sp³-hybridized carbons (Fsp3) is 0.250. The Morgan fingerprint density at radius 1 is 1.29 bits per heavy atom. The van der Waals surface area contributed by atoms with Gasteiger partial charge in [-0.1, -0.05) is 6.07 Å². The number of halogens is 3. The number of anilines is 1. The predicted octanol–water partition coefficient (Wildman–Crippen LogP) is 3.13. The van der Waals surface area contributed by atoms with E-state index in [4.69, 9.17) is 0 Å². The number of aliphatic hydroxyl groups is 1. The predicted molar refractivity (Wildman–Crippen MR) is 83.4 cm³/mol. The molecule has 24 heavy (non-hydrogen) atoms. The first-order valence-electron chi connectivity index (χ1n) is 7.21. The number of rotatable bonds is 4. The van der Waals surface area contributed by atoms with Crippen molar-refractivity contribution < 1.29 is 18.3 Å². The van der Waals surface area contributed by atoms with Gasteiger partial charge in [-0.15, -0.1) is 0 Å². The molecule has 2 aromatic heterocycles. The summed E-state index contributed by atoms with van der Waals surface area (Å²) in [6, 6.07) is 5.07. The van der Waals surface area contributed by atoms with Gasteiger partial charge in [0.2, 0.25) is 0 Å². The van der Waals surface area contributed by atoms with Gasteiger partial charge in [-0.3, -0.25) is 9.67 Å². The van der Waals surface area contributed by atoms with Crippen molar-refractivity contribution >= 4 is 16.6 Å². The minimum Gasteiger partial charge on any atom is -0.386 e. The molecule has 8 heteroatoms. The smallest absolute Gasteiger partial charge is 0.386 e. The van der Waals surface area contributed by atoms with E-state index in [1.165, 1.54) is 12.3 Å². The van der Waals surface area contributed by atoms with Gasteiger partial charge in [0.15, 0.2) is 0 Å². The van der Waals surface area contributed by atoms with Crippen LogP contribution in [0.15, 0.2) is 42.9 Å². The molecule has 0 amide bonds. The van der Waals surface area contributed by atoms with E-state index in [0.717, 1.165) is 12.1 Å². The Bertz CT molecular complexity index is 860. The van der Waals surface area contributed by atoms with Crippen LogP contribution in [0.5, 0.6) is 0 Å². The molecule has 0 spiro atoms. The Kier molecular flexibility index (Phi) is 4.15. The van der Waals surface area contributed by atoms with E-state index in [1.54, 1.807) is 30.2 Å². The second-order valence-electron chi connectivity index (χ2n) is 5.43. The summed E-state index contributed by atoms with van der Waals surface area (Å²) in [5, 5.41) is 17.7. The maximum atomic E-state index is 12.8. The summed E-state index contributed by atoms with van der Waals surface area (Å²) in [7, 11) is 1.75. The van der Waals surface area contributed by atoms with Crippen LogP contribution in [-0.2, 0) is 13.2 Å². The van der Waals surface area contributed by atoms with E-state index in [-0.39, 0.29) is 12.1 Å². The van der Waals surface area contributed by atoms with Crippen molar-refractivity contribution in [3.8, 4) is 0 Å². The van der Waals surface area contributed by atoms with Crippen LogP contribution in [-0.4, -0.2) is 26.4 Å². The first kappa shape index (κ1) is 16.3. The lowest BCUT2D eigenvalue weighted by atomic mass is 10.1. The van der Waals surface area contributed by atoms with Gasteiger partial charge >= 0.3 is 6.18 Å². The van der Waals surface area contributed by atoms with Crippen molar-refractivity contribution in [2.75, 3.05) is 11.9 Å². The molecule has 0 saturated heterocycles. The molecule has 0 fully saturated rings. The summed E-state index contributed by atoms with van der Waals surface area (Å²) in [5.41, 5.74) is 0.764. The molecular formula is C16H15F3N4O. The van der Waals surface area contributed by atoms with Gasteiger partial charge < -0.3 is 10.4 Å². The molecule has 126 valence electrons. The fourth-order valence-corrected chi connectivity index (χ4v) is 2.42. The average Bonchev–Trinajstić information content (AvgIpc) is 2.97. The number of benzene rings is 1. The standard InChI is InChI=1S/C16H15F3N4O/c1-23-9-10(7-22-23)15(24)8-21-13-4-5-20-14-6-11(16(17,18)19)2-3-12(13)14/h2-7,9,15,24H,8H2,1H3,(H,20,21). The highest BCUT2D eigenvalue weighted by Crippen LogP contribution is 2.32. The van der Waals surface area contributed by atoms with Crippen LogP contribution in [0.25, 0.3) is 10.9 Å². The summed E-state index contributed by atoms with van der Waals surface area (Å²) >= 11 is 0. The highest BCUT2D eigenvalue weighted by molar-refractivity contribution is 5.91. The number of aliphatic hydroxyl groups excluding tert-OH is 1. The number of nitrogens with zero attached hydrogens (tertiary/aromatic N) is 3. The summed E-state index contributed by atoms with van der Waals surface area (Å²) in [6.07, 6.45) is -0.493. The van der Waals surface area contributed by atoms with Crippen LogP contribution in [0.4, 0.5) is 18.9 Å². The van der Waals surface area contributed by atoms with Crippen LogP contribution < -0.4 is 5.32 Å². The number of nitrogens with one attached hydrogen (secondary N) is 1. The quantitative estimate of drug-likeness (QED) is 0.768. The van der Waals surface area contributed by atoms with Crippen LogP contribution in [0, 0.1) is 0 Å². The zero-order valence-electron chi connectivity index (χ0n) is 12.7. The molecule has 0 radical (unpaired) electrons. The monoisotopic (exact) mass is 336 g/mol. The van der Waals surface area contributed by atoms with Crippen LogP contribution in [0.2, 0.25) is 0 Å². The summed E-state index contributed by atoms with van der Waals surface area (Å²) in [5.74, 6) is 0. The number of alkyl halides is 3. The van der Waals surface area contributed by atoms with E-state index < -0.39 is 17.8 Å². The number of aryl methyl sites for hydroxylation is 1. The number of aromatic nitrogens is 3. The Hall–Kier alpha value is -2.61. The topological polar surface area (TPSA) is 63.0 Å². The molecule has 3 aromatic rings. The third-order valence-electron chi connectivity index (χ3n) is 3.67. The maximum Gasteiger partial charge on any atom is 0.416 e. The molecule has 1 unspecified atom stereocenters. The van der Waals surface area contributed by atoms with E-state index in [2.05, 4.69) is 15.4 Å². The molecule has 0 aliphatic heterocycles. The number of hydrogen-bond acceptors (Lipinski definition) is 4. The third-order valence-corrected chi connectivity index (χ3v) is 3.67. The largest absolute Gasteiger partial charge is 0.416 e. The lowest BCUT2D eigenvalue weighted by Gasteiger charge is -2.14. The Morgan fingerprint density at radius 3 is 2.75 bits per heavy atom. The van der Waals surface area contributed by atoms with Gasteiger partial charge in [-0.25, -0.2) is 0 Å².